The maximum Gasteiger partial charge on any atom is 0.418 e. The quantitative estimate of drug-likeness (QED) is 0.198. The standard InChI is InChI=1S/C14H22N6O6S/c1-3-4-5-6-19-11-9(7-16-19)10-8-18(12(11)13(15-2)17-22)14(21)20(10)26-27(23,24)25/h7,10,12,22H,3-6,8H2,1-2H3,(H,15,17)(H,23,24,25)/t10-,12-/m0/s1. The van der Waals surface area contributed by atoms with Crippen molar-refractivity contribution in [3.63, 3.8) is 0 Å². The van der Waals surface area contributed by atoms with E-state index in [1.54, 1.807) is 10.9 Å². The Morgan fingerprint density at radius 3 is 2.81 bits per heavy atom. The van der Waals surface area contributed by atoms with Crippen molar-refractivity contribution in [2.75, 3.05) is 13.6 Å². The molecule has 13 heteroatoms. The third-order valence-electron chi connectivity index (χ3n) is 4.69. The lowest BCUT2D eigenvalue weighted by atomic mass is 9.97. The first-order valence-electron chi connectivity index (χ1n) is 8.51. The Labute approximate surface area is 156 Å². The minimum atomic E-state index is -4.89. The van der Waals surface area contributed by atoms with Gasteiger partial charge in [0.15, 0.2) is 0 Å². The van der Waals surface area contributed by atoms with Gasteiger partial charge in [-0.15, -0.1) is 4.28 Å². The average Bonchev–Trinajstić information content (AvgIpc) is 3.14. The van der Waals surface area contributed by atoms with Crippen molar-refractivity contribution in [1.82, 2.24) is 25.2 Å². The molecule has 1 aromatic rings. The molecule has 3 rings (SSSR count). The summed E-state index contributed by atoms with van der Waals surface area (Å²) >= 11 is 0. The highest BCUT2D eigenvalue weighted by atomic mass is 32.3. The van der Waals surface area contributed by atoms with Crippen molar-refractivity contribution in [2.24, 2.45) is 4.99 Å². The van der Waals surface area contributed by atoms with Gasteiger partial charge in [-0.2, -0.15) is 18.6 Å². The van der Waals surface area contributed by atoms with Gasteiger partial charge in [-0.1, -0.05) is 19.8 Å². The second-order valence-electron chi connectivity index (χ2n) is 6.32. The molecular weight excluding hydrogens is 380 g/mol. The number of unbranched alkanes of at least 4 members (excludes halogenated alkanes) is 2. The van der Waals surface area contributed by atoms with Crippen LogP contribution in [0.2, 0.25) is 0 Å². The molecule has 2 aliphatic heterocycles. The molecule has 2 aliphatic rings. The summed E-state index contributed by atoms with van der Waals surface area (Å²) in [5, 5.41) is 14.5. The van der Waals surface area contributed by atoms with Crippen LogP contribution in [0.1, 0.15) is 49.5 Å². The number of urea groups is 1. The van der Waals surface area contributed by atoms with Crippen LogP contribution in [-0.4, -0.2) is 63.4 Å². The molecule has 1 saturated heterocycles. The van der Waals surface area contributed by atoms with Gasteiger partial charge in [0.1, 0.15) is 17.9 Å². The summed E-state index contributed by atoms with van der Waals surface area (Å²) < 4.78 is 37.6. The third kappa shape index (κ3) is 3.50. The van der Waals surface area contributed by atoms with Crippen molar-refractivity contribution in [1.29, 1.82) is 0 Å². The van der Waals surface area contributed by atoms with E-state index in [9.17, 15) is 18.4 Å². The van der Waals surface area contributed by atoms with E-state index in [1.165, 1.54) is 11.9 Å². The van der Waals surface area contributed by atoms with E-state index in [2.05, 4.69) is 21.3 Å². The number of rotatable bonds is 7. The summed E-state index contributed by atoms with van der Waals surface area (Å²) in [6.45, 7) is 2.76. The molecule has 0 radical (unpaired) electrons. The minimum absolute atomic E-state index is 0.0906. The van der Waals surface area contributed by atoms with Crippen LogP contribution in [-0.2, 0) is 21.2 Å². The second kappa shape index (κ2) is 7.42. The number of nitrogens with zero attached hydrogens (tertiary/aromatic N) is 5. The van der Waals surface area contributed by atoms with Crippen molar-refractivity contribution in [2.45, 2.75) is 44.8 Å². The van der Waals surface area contributed by atoms with Crippen LogP contribution in [0.15, 0.2) is 11.2 Å². The first-order chi connectivity index (χ1) is 12.8. The number of amidine groups is 1. The summed E-state index contributed by atoms with van der Waals surface area (Å²) in [4.78, 5) is 18.0. The lowest BCUT2D eigenvalue weighted by Crippen LogP contribution is -2.44. The van der Waals surface area contributed by atoms with Gasteiger partial charge in [-0.25, -0.2) is 4.79 Å². The smallest absolute Gasteiger partial charge is 0.304 e. The predicted molar refractivity (Wildman–Crippen MR) is 92.1 cm³/mol. The zero-order valence-electron chi connectivity index (χ0n) is 14.9. The van der Waals surface area contributed by atoms with E-state index in [1.807, 2.05) is 5.48 Å². The van der Waals surface area contributed by atoms with Gasteiger partial charge < -0.3 is 4.90 Å². The lowest BCUT2D eigenvalue weighted by molar-refractivity contribution is -0.0316. The highest BCUT2D eigenvalue weighted by molar-refractivity contribution is 7.80. The second-order valence-corrected chi connectivity index (χ2v) is 7.32. The van der Waals surface area contributed by atoms with Gasteiger partial charge in [0.05, 0.1) is 18.4 Å². The molecular formula is C14H22N6O6S. The van der Waals surface area contributed by atoms with E-state index in [0.29, 0.717) is 22.9 Å². The third-order valence-corrected chi connectivity index (χ3v) is 5.04. The molecule has 0 aromatic carbocycles. The van der Waals surface area contributed by atoms with E-state index < -0.39 is 28.5 Å². The van der Waals surface area contributed by atoms with Crippen LogP contribution in [0.25, 0.3) is 0 Å². The van der Waals surface area contributed by atoms with Gasteiger partial charge in [0, 0.05) is 19.2 Å². The average molecular weight is 402 g/mol. The Kier molecular flexibility index (Phi) is 5.37. The van der Waals surface area contributed by atoms with Crippen molar-refractivity contribution in [3.8, 4) is 0 Å². The normalized spacial score (nSPS) is 22.4. The number of fused-ring (bicyclic) bond motifs is 4. The number of carbonyl (C=O) groups excluding carboxylic acids is 1. The zero-order valence-corrected chi connectivity index (χ0v) is 15.8. The summed E-state index contributed by atoms with van der Waals surface area (Å²) in [5.41, 5.74) is 3.18. The number of aliphatic imine (C=N–C) groups is 1. The Morgan fingerprint density at radius 1 is 1.48 bits per heavy atom. The monoisotopic (exact) mass is 402 g/mol. The fourth-order valence-corrected chi connectivity index (χ4v) is 3.91. The highest BCUT2D eigenvalue weighted by Gasteiger charge is 2.53. The van der Waals surface area contributed by atoms with Gasteiger partial charge in [-0.3, -0.25) is 24.9 Å². The van der Waals surface area contributed by atoms with Crippen LogP contribution in [0.3, 0.4) is 0 Å². The summed E-state index contributed by atoms with van der Waals surface area (Å²) in [6.07, 6.45) is 4.43. The number of aryl methyl sites for hydroxylation is 1. The van der Waals surface area contributed by atoms with Gasteiger partial charge in [-0.05, 0) is 6.42 Å². The van der Waals surface area contributed by atoms with Crippen molar-refractivity contribution >= 4 is 22.3 Å². The number of hydroxylamine groups is 3. The van der Waals surface area contributed by atoms with Gasteiger partial charge in [0.25, 0.3) is 0 Å². The molecule has 0 aliphatic carbocycles. The molecule has 3 heterocycles. The van der Waals surface area contributed by atoms with Crippen LogP contribution in [0, 0.1) is 0 Å². The topological polar surface area (TPSA) is 150 Å². The number of hydrogen-bond donors (Lipinski definition) is 3. The zero-order chi connectivity index (χ0) is 19.8. The first kappa shape index (κ1) is 19.5. The number of carbonyl (C=O) groups is 1. The fraction of sp³-hybridized carbons (Fsp3) is 0.643. The van der Waals surface area contributed by atoms with Gasteiger partial charge in [0.2, 0.25) is 0 Å². The number of hydrogen-bond acceptors (Lipinski definition) is 7. The van der Waals surface area contributed by atoms with Gasteiger partial charge >= 0.3 is 16.4 Å². The van der Waals surface area contributed by atoms with E-state index in [0.717, 1.165) is 19.3 Å². The largest absolute Gasteiger partial charge is 0.418 e. The molecule has 0 unspecified atom stereocenters. The summed E-state index contributed by atoms with van der Waals surface area (Å²) in [7, 11) is -3.43. The molecule has 0 saturated carbocycles. The minimum Gasteiger partial charge on any atom is -0.304 e. The molecule has 3 N–H and O–H groups in total. The van der Waals surface area contributed by atoms with Crippen LogP contribution >= 0.6 is 0 Å². The van der Waals surface area contributed by atoms with E-state index in [4.69, 9.17) is 4.55 Å². The van der Waals surface area contributed by atoms with E-state index >= 15 is 0 Å². The lowest BCUT2D eigenvalue weighted by Gasteiger charge is -2.31. The Hall–Kier alpha value is -2.22. The Morgan fingerprint density at radius 2 is 2.22 bits per heavy atom. The Balaban J connectivity index is 2.06. The molecule has 0 spiro atoms. The van der Waals surface area contributed by atoms with Crippen molar-refractivity contribution < 1.29 is 27.3 Å². The van der Waals surface area contributed by atoms with Crippen molar-refractivity contribution in [3.05, 3.63) is 17.5 Å². The Bertz CT molecular complexity index is 852. The molecule has 1 fully saturated rings. The molecule has 12 nitrogen and oxygen atoms in total. The first-order valence-corrected chi connectivity index (χ1v) is 9.88. The predicted octanol–water partition coefficient (Wildman–Crippen LogP) is 0.648. The fourth-order valence-electron chi connectivity index (χ4n) is 3.54. The highest BCUT2D eigenvalue weighted by Crippen LogP contribution is 2.44. The molecule has 2 atom stereocenters. The van der Waals surface area contributed by atoms with Crippen LogP contribution in [0.5, 0.6) is 0 Å². The SMILES string of the molecule is CCCCCn1ncc2c1[C@@H](C(=NC)NO)N1C[C@@H]2N(OS(=O)(=O)O)C1=O. The molecule has 2 bridgehead atoms. The van der Waals surface area contributed by atoms with E-state index in [-0.39, 0.29) is 12.4 Å². The molecule has 1 aromatic heterocycles. The van der Waals surface area contributed by atoms with Crippen LogP contribution < -0.4 is 5.48 Å². The number of amides is 2. The maximum atomic E-state index is 12.7. The maximum absolute atomic E-state index is 12.7. The molecule has 150 valence electrons. The summed E-state index contributed by atoms with van der Waals surface area (Å²) in [6, 6.07) is -2.32. The summed E-state index contributed by atoms with van der Waals surface area (Å²) in [5.74, 6) is 0.106. The van der Waals surface area contributed by atoms with Crippen LogP contribution in [0.4, 0.5) is 4.79 Å². The molecule has 27 heavy (non-hydrogen) atoms. The number of aromatic nitrogens is 2. The molecule has 2 amide bonds. The number of nitrogens with one attached hydrogen (secondary N) is 1.